The van der Waals surface area contributed by atoms with Crippen molar-refractivity contribution in [1.29, 1.82) is 0 Å². The van der Waals surface area contributed by atoms with Crippen molar-refractivity contribution in [3.63, 3.8) is 0 Å². The lowest BCUT2D eigenvalue weighted by Gasteiger charge is -2.37. The third-order valence-electron chi connectivity index (χ3n) is 3.62. The second kappa shape index (κ2) is 8.97. The molecule has 0 unspecified atom stereocenters. The van der Waals surface area contributed by atoms with Crippen molar-refractivity contribution in [1.82, 2.24) is 9.80 Å². The summed E-state index contributed by atoms with van der Waals surface area (Å²) in [5.41, 5.74) is 0.176. The zero-order valence-corrected chi connectivity index (χ0v) is 13.6. The van der Waals surface area contributed by atoms with Crippen LogP contribution in [0.1, 0.15) is 24.2 Å². The van der Waals surface area contributed by atoms with Crippen LogP contribution < -0.4 is 0 Å². The first-order valence-corrected chi connectivity index (χ1v) is 7.48. The number of hydrogen-bond acceptors (Lipinski definition) is 4. The van der Waals surface area contributed by atoms with E-state index in [1.54, 1.807) is 23.1 Å². The molecule has 1 aliphatic rings. The second-order valence-electron chi connectivity index (χ2n) is 5.51. The molecular weight excluding hydrogens is 319 g/mol. The lowest BCUT2D eigenvalue weighted by molar-refractivity contribution is -0.159. The molecule has 1 fully saturated rings. The Morgan fingerprint density at radius 3 is 1.92 bits per heavy atom. The molecule has 0 atom stereocenters. The first-order valence-electron chi connectivity index (χ1n) is 7.48. The van der Waals surface area contributed by atoms with Gasteiger partial charge in [0.25, 0.3) is 5.91 Å². The summed E-state index contributed by atoms with van der Waals surface area (Å²) >= 11 is 0. The maximum absolute atomic E-state index is 13.5. The fourth-order valence-corrected chi connectivity index (χ4v) is 2.25. The van der Waals surface area contributed by atoms with E-state index >= 15 is 0 Å². The number of halogens is 1. The number of hydrogen-bond donors (Lipinski definition) is 2. The van der Waals surface area contributed by atoms with Gasteiger partial charge in [0.2, 0.25) is 0 Å². The lowest BCUT2D eigenvalue weighted by Crippen LogP contribution is -2.50. The van der Waals surface area contributed by atoms with E-state index in [4.69, 9.17) is 19.8 Å². The van der Waals surface area contributed by atoms with Gasteiger partial charge in [0.05, 0.1) is 5.56 Å². The molecule has 0 radical (unpaired) electrons. The predicted molar refractivity (Wildman–Crippen MR) is 84.3 cm³/mol. The van der Waals surface area contributed by atoms with Crippen molar-refractivity contribution >= 4 is 17.8 Å². The molecule has 0 aromatic heterocycles. The number of piperazine rings is 1. The maximum atomic E-state index is 13.5. The van der Waals surface area contributed by atoms with Crippen molar-refractivity contribution in [3.8, 4) is 0 Å². The Kier molecular flexibility index (Phi) is 7.31. The van der Waals surface area contributed by atoms with Crippen LogP contribution >= 0.6 is 0 Å². The molecule has 1 aromatic carbocycles. The van der Waals surface area contributed by atoms with E-state index in [1.807, 2.05) is 0 Å². The van der Waals surface area contributed by atoms with Crippen LogP contribution in [0.15, 0.2) is 24.3 Å². The number of aliphatic carboxylic acids is 2. The molecule has 0 bridgehead atoms. The Balaban J connectivity index is 0.000000413. The largest absolute Gasteiger partial charge is 0.473 e. The van der Waals surface area contributed by atoms with Crippen molar-refractivity contribution in [3.05, 3.63) is 35.6 Å². The molecule has 2 N–H and O–H groups in total. The normalized spacial score (nSPS) is 14.8. The Labute approximate surface area is 139 Å². The second-order valence-corrected chi connectivity index (χ2v) is 5.51. The monoisotopic (exact) mass is 340 g/mol. The number of nitrogens with zero attached hydrogens (tertiary/aromatic N) is 2. The molecule has 1 saturated heterocycles. The summed E-state index contributed by atoms with van der Waals surface area (Å²) in [5.74, 6) is -4.28. The molecule has 8 heteroatoms. The summed E-state index contributed by atoms with van der Waals surface area (Å²) in [6.07, 6.45) is 0. The first-order chi connectivity index (χ1) is 11.2. The number of rotatable bonds is 2. The van der Waals surface area contributed by atoms with Gasteiger partial charge in [-0.15, -0.1) is 0 Å². The number of carbonyl (C=O) groups excluding carboxylic acids is 1. The van der Waals surface area contributed by atoms with Crippen LogP contribution in [0.4, 0.5) is 4.39 Å². The third kappa shape index (κ3) is 5.62. The van der Waals surface area contributed by atoms with Gasteiger partial charge in [-0.1, -0.05) is 12.1 Å². The first kappa shape index (κ1) is 19.6. The lowest BCUT2D eigenvalue weighted by atomic mass is 10.1. The van der Waals surface area contributed by atoms with Crippen LogP contribution in [0.2, 0.25) is 0 Å². The Morgan fingerprint density at radius 2 is 1.50 bits per heavy atom. The highest BCUT2D eigenvalue weighted by atomic mass is 19.1. The van der Waals surface area contributed by atoms with Crippen molar-refractivity contribution < 1.29 is 29.0 Å². The molecule has 0 saturated carbocycles. The number of carboxylic acid groups (broad SMARTS) is 2. The van der Waals surface area contributed by atoms with E-state index < -0.39 is 17.8 Å². The van der Waals surface area contributed by atoms with Gasteiger partial charge in [0.1, 0.15) is 5.82 Å². The Hall–Kier alpha value is -2.48. The standard InChI is InChI=1S/C14H19FN2O.C2H2O4/c1-11(2)16-7-9-17(10-8-16)14(18)12-5-3-4-6-13(12)15;3-1(4)2(5)6/h3-6,11H,7-10H2,1-2H3;(H,3,4)(H,5,6). The summed E-state index contributed by atoms with van der Waals surface area (Å²) in [6.45, 7) is 7.36. The van der Waals surface area contributed by atoms with Gasteiger partial charge in [-0.05, 0) is 26.0 Å². The molecule has 1 amide bonds. The van der Waals surface area contributed by atoms with E-state index in [0.717, 1.165) is 13.1 Å². The zero-order chi connectivity index (χ0) is 18.3. The zero-order valence-electron chi connectivity index (χ0n) is 13.6. The fraction of sp³-hybridized carbons (Fsp3) is 0.438. The smallest absolute Gasteiger partial charge is 0.414 e. The van der Waals surface area contributed by atoms with Crippen LogP contribution in [-0.4, -0.2) is 70.1 Å². The highest BCUT2D eigenvalue weighted by Gasteiger charge is 2.24. The molecule has 2 rings (SSSR count). The highest BCUT2D eigenvalue weighted by molar-refractivity contribution is 6.27. The molecule has 7 nitrogen and oxygen atoms in total. The number of carboxylic acids is 2. The molecular formula is C16H21FN2O5. The topological polar surface area (TPSA) is 98.2 Å². The molecule has 0 spiro atoms. The van der Waals surface area contributed by atoms with Gasteiger partial charge in [0, 0.05) is 32.2 Å². The van der Waals surface area contributed by atoms with Gasteiger partial charge in [-0.25, -0.2) is 14.0 Å². The van der Waals surface area contributed by atoms with Gasteiger partial charge >= 0.3 is 11.9 Å². The maximum Gasteiger partial charge on any atom is 0.414 e. The van der Waals surface area contributed by atoms with Gasteiger partial charge in [-0.2, -0.15) is 0 Å². The van der Waals surface area contributed by atoms with Gasteiger partial charge < -0.3 is 15.1 Å². The fourth-order valence-electron chi connectivity index (χ4n) is 2.25. The van der Waals surface area contributed by atoms with Crippen LogP contribution in [0, 0.1) is 5.82 Å². The van der Waals surface area contributed by atoms with Gasteiger partial charge in [0.15, 0.2) is 0 Å². The van der Waals surface area contributed by atoms with E-state index in [-0.39, 0.29) is 11.5 Å². The minimum atomic E-state index is -1.82. The number of amides is 1. The van der Waals surface area contributed by atoms with Crippen molar-refractivity contribution in [2.45, 2.75) is 19.9 Å². The SMILES string of the molecule is CC(C)N1CCN(C(=O)c2ccccc2F)CC1.O=C(O)C(=O)O. The molecule has 1 aliphatic heterocycles. The van der Waals surface area contributed by atoms with Crippen LogP contribution in [0.3, 0.4) is 0 Å². The minimum absolute atomic E-state index is 0.176. The molecule has 1 aromatic rings. The van der Waals surface area contributed by atoms with Gasteiger partial charge in [-0.3, -0.25) is 9.69 Å². The molecule has 0 aliphatic carbocycles. The Bertz CT molecular complexity index is 586. The summed E-state index contributed by atoms with van der Waals surface area (Å²) in [6, 6.07) is 6.67. The minimum Gasteiger partial charge on any atom is -0.473 e. The van der Waals surface area contributed by atoms with E-state index in [0.29, 0.717) is 19.1 Å². The third-order valence-corrected chi connectivity index (χ3v) is 3.62. The number of carbonyl (C=O) groups is 3. The highest BCUT2D eigenvalue weighted by Crippen LogP contribution is 2.13. The summed E-state index contributed by atoms with van der Waals surface area (Å²) < 4.78 is 13.5. The predicted octanol–water partition coefficient (Wildman–Crippen LogP) is 1.15. The number of benzene rings is 1. The van der Waals surface area contributed by atoms with Crippen LogP contribution in [0.5, 0.6) is 0 Å². The average Bonchev–Trinajstić information content (AvgIpc) is 2.55. The molecule has 24 heavy (non-hydrogen) atoms. The average molecular weight is 340 g/mol. The van der Waals surface area contributed by atoms with Crippen molar-refractivity contribution in [2.24, 2.45) is 0 Å². The van der Waals surface area contributed by atoms with E-state index in [2.05, 4.69) is 18.7 Å². The van der Waals surface area contributed by atoms with E-state index in [1.165, 1.54) is 6.07 Å². The summed E-state index contributed by atoms with van der Waals surface area (Å²) in [4.78, 5) is 34.4. The Morgan fingerprint density at radius 1 is 1.00 bits per heavy atom. The van der Waals surface area contributed by atoms with Crippen LogP contribution in [0.25, 0.3) is 0 Å². The quantitative estimate of drug-likeness (QED) is 0.784. The summed E-state index contributed by atoms with van der Waals surface area (Å²) in [7, 11) is 0. The molecule has 132 valence electrons. The van der Waals surface area contributed by atoms with Crippen molar-refractivity contribution in [2.75, 3.05) is 26.2 Å². The van der Waals surface area contributed by atoms with Crippen LogP contribution in [-0.2, 0) is 9.59 Å². The van der Waals surface area contributed by atoms with E-state index in [9.17, 15) is 9.18 Å². The summed E-state index contributed by atoms with van der Waals surface area (Å²) in [5, 5.41) is 14.8. The molecule has 1 heterocycles.